The maximum absolute atomic E-state index is 12.8. The second-order valence-corrected chi connectivity index (χ2v) is 6.03. The van der Waals surface area contributed by atoms with Crippen LogP contribution in [-0.2, 0) is 16.9 Å². The molecule has 1 heterocycles. The number of tetrazole rings is 1. The SMILES string of the molecule is O=C(O)c1ccc(CNC(=O)C2(n3cnnn3)CCCCC2)cc1. The van der Waals surface area contributed by atoms with Crippen molar-refractivity contribution in [3.05, 3.63) is 41.7 Å². The van der Waals surface area contributed by atoms with Gasteiger partial charge in [-0.05, 0) is 41.0 Å². The summed E-state index contributed by atoms with van der Waals surface area (Å²) in [6.45, 7) is 0.336. The maximum atomic E-state index is 12.8. The summed E-state index contributed by atoms with van der Waals surface area (Å²) in [4.78, 5) is 23.7. The number of aromatic carboxylic acids is 1. The molecule has 0 unspecified atom stereocenters. The summed E-state index contributed by atoms with van der Waals surface area (Å²) < 4.78 is 1.56. The van der Waals surface area contributed by atoms with E-state index in [-0.39, 0.29) is 11.5 Å². The average molecular weight is 329 g/mol. The number of carboxylic acids is 1. The van der Waals surface area contributed by atoms with Gasteiger partial charge in [0.15, 0.2) is 0 Å². The molecule has 1 aliphatic rings. The lowest BCUT2D eigenvalue weighted by molar-refractivity contribution is -0.132. The molecule has 0 atom stereocenters. The van der Waals surface area contributed by atoms with E-state index in [0.717, 1.165) is 24.8 Å². The fourth-order valence-corrected chi connectivity index (χ4v) is 3.17. The molecule has 0 spiro atoms. The van der Waals surface area contributed by atoms with Gasteiger partial charge in [-0.15, -0.1) is 5.10 Å². The van der Waals surface area contributed by atoms with E-state index in [0.29, 0.717) is 19.4 Å². The van der Waals surface area contributed by atoms with Crippen LogP contribution in [0.15, 0.2) is 30.6 Å². The summed E-state index contributed by atoms with van der Waals surface area (Å²) in [5, 5.41) is 23.1. The highest BCUT2D eigenvalue weighted by Gasteiger charge is 2.42. The van der Waals surface area contributed by atoms with Crippen LogP contribution in [0.1, 0.15) is 48.0 Å². The van der Waals surface area contributed by atoms with Crippen LogP contribution in [0, 0.1) is 0 Å². The van der Waals surface area contributed by atoms with Gasteiger partial charge in [0.2, 0.25) is 5.91 Å². The lowest BCUT2D eigenvalue weighted by Crippen LogP contribution is -2.50. The molecule has 2 aromatic rings. The summed E-state index contributed by atoms with van der Waals surface area (Å²) in [5.41, 5.74) is 0.335. The topological polar surface area (TPSA) is 110 Å². The second kappa shape index (κ2) is 6.77. The molecule has 0 radical (unpaired) electrons. The van der Waals surface area contributed by atoms with Gasteiger partial charge in [0.05, 0.1) is 5.56 Å². The predicted molar refractivity (Wildman–Crippen MR) is 84.1 cm³/mol. The minimum Gasteiger partial charge on any atom is -0.478 e. The Balaban J connectivity index is 1.71. The number of carbonyl (C=O) groups excluding carboxylic acids is 1. The van der Waals surface area contributed by atoms with E-state index in [2.05, 4.69) is 20.8 Å². The molecule has 0 saturated heterocycles. The molecule has 0 bridgehead atoms. The van der Waals surface area contributed by atoms with Crippen LogP contribution >= 0.6 is 0 Å². The molecule has 2 N–H and O–H groups in total. The molecule has 24 heavy (non-hydrogen) atoms. The number of carboxylic acid groups (broad SMARTS) is 1. The van der Waals surface area contributed by atoms with Gasteiger partial charge in [0.25, 0.3) is 0 Å². The molecule has 1 aromatic heterocycles. The molecule has 1 saturated carbocycles. The average Bonchev–Trinajstić information content (AvgIpc) is 3.15. The zero-order valence-electron chi connectivity index (χ0n) is 13.2. The van der Waals surface area contributed by atoms with Crippen LogP contribution < -0.4 is 5.32 Å². The lowest BCUT2D eigenvalue weighted by Gasteiger charge is -2.35. The smallest absolute Gasteiger partial charge is 0.335 e. The highest BCUT2D eigenvalue weighted by molar-refractivity contribution is 5.87. The van der Waals surface area contributed by atoms with Crippen LogP contribution in [0.3, 0.4) is 0 Å². The fourth-order valence-electron chi connectivity index (χ4n) is 3.17. The largest absolute Gasteiger partial charge is 0.478 e. The van der Waals surface area contributed by atoms with Crippen molar-refractivity contribution in [2.45, 2.75) is 44.2 Å². The third-order valence-electron chi connectivity index (χ3n) is 4.54. The number of hydrogen-bond donors (Lipinski definition) is 2. The zero-order chi connectivity index (χ0) is 17.0. The first-order chi connectivity index (χ1) is 11.6. The van der Waals surface area contributed by atoms with Crippen molar-refractivity contribution in [3.63, 3.8) is 0 Å². The first-order valence-corrected chi connectivity index (χ1v) is 7.96. The Labute approximate surface area is 138 Å². The van der Waals surface area contributed by atoms with E-state index in [9.17, 15) is 9.59 Å². The summed E-state index contributed by atoms with van der Waals surface area (Å²) in [5.74, 6) is -1.07. The summed E-state index contributed by atoms with van der Waals surface area (Å²) in [6, 6.07) is 6.46. The molecule has 8 heteroatoms. The van der Waals surface area contributed by atoms with E-state index >= 15 is 0 Å². The first-order valence-electron chi connectivity index (χ1n) is 7.96. The Morgan fingerprint density at radius 1 is 1.17 bits per heavy atom. The van der Waals surface area contributed by atoms with Crippen molar-refractivity contribution >= 4 is 11.9 Å². The molecule has 8 nitrogen and oxygen atoms in total. The molecular formula is C16H19N5O3. The molecule has 3 rings (SSSR count). The standard InChI is InChI=1S/C16H19N5O3/c22-14(23)13-6-4-12(5-7-13)10-17-15(24)16(8-2-1-3-9-16)21-11-18-19-20-21/h4-7,11H,1-3,8-10H2,(H,17,24)(H,22,23). The number of amides is 1. The van der Waals surface area contributed by atoms with Gasteiger partial charge in [0.1, 0.15) is 11.9 Å². The number of nitrogens with one attached hydrogen (secondary N) is 1. The van der Waals surface area contributed by atoms with Crippen molar-refractivity contribution in [1.82, 2.24) is 25.5 Å². The number of benzene rings is 1. The third-order valence-corrected chi connectivity index (χ3v) is 4.54. The van der Waals surface area contributed by atoms with Gasteiger partial charge < -0.3 is 10.4 Å². The molecule has 126 valence electrons. The minimum atomic E-state index is -0.967. The lowest BCUT2D eigenvalue weighted by atomic mass is 9.81. The van der Waals surface area contributed by atoms with E-state index < -0.39 is 11.5 Å². The first kappa shape index (κ1) is 16.1. The van der Waals surface area contributed by atoms with Crippen LogP contribution in [0.25, 0.3) is 0 Å². The molecule has 1 amide bonds. The predicted octanol–water partition coefficient (Wildman–Crippen LogP) is 1.35. The van der Waals surface area contributed by atoms with Crippen molar-refractivity contribution in [1.29, 1.82) is 0 Å². The van der Waals surface area contributed by atoms with E-state index in [1.54, 1.807) is 16.8 Å². The number of carbonyl (C=O) groups is 2. The third kappa shape index (κ3) is 3.12. The molecule has 1 fully saturated rings. The van der Waals surface area contributed by atoms with Crippen LogP contribution in [0.2, 0.25) is 0 Å². The van der Waals surface area contributed by atoms with Gasteiger partial charge >= 0.3 is 5.97 Å². The highest BCUT2D eigenvalue weighted by Crippen LogP contribution is 2.34. The van der Waals surface area contributed by atoms with Crippen LogP contribution in [0.4, 0.5) is 0 Å². The zero-order valence-corrected chi connectivity index (χ0v) is 13.2. The highest BCUT2D eigenvalue weighted by atomic mass is 16.4. The van der Waals surface area contributed by atoms with Gasteiger partial charge in [-0.3, -0.25) is 4.79 Å². The molecular weight excluding hydrogens is 310 g/mol. The van der Waals surface area contributed by atoms with Crippen LogP contribution in [-0.4, -0.2) is 37.2 Å². The van der Waals surface area contributed by atoms with Crippen LogP contribution in [0.5, 0.6) is 0 Å². The van der Waals surface area contributed by atoms with E-state index in [4.69, 9.17) is 5.11 Å². The van der Waals surface area contributed by atoms with E-state index in [1.807, 2.05) is 0 Å². The number of rotatable bonds is 5. The number of aromatic nitrogens is 4. The minimum absolute atomic E-state index is 0.100. The summed E-state index contributed by atoms with van der Waals surface area (Å²) in [7, 11) is 0. The van der Waals surface area contributed by atoms with Gasteiger partial charge in [0, 0.05) is 6.54 Å². The summed E-state index contributed by atoms with van der Waals surface area (Å²) >= 11 is 0. The van der Waals surface area contributed by atoms with Crippen molar-refractivity contribution in [2.75, 3.05) is 0 Å². The molecule has 1 aromatic carbocycles. The Morgan fingerprint density at radius 3 is 2.46 bits per heavy atom. The van der Waals surface area contributed by atoms with E-state index in [1.165, 1.54) is 18.5 Å². The Kier molecular flexibility index (Phi) is 4.54. The Bertz CT molecular complexity index is 706. The van der Waals surface area contributed by atoms with Gasteiger partial charge in [-0.25, -0.2) is 9.48 Å². The van der Waals surface area contributed by atoms with Gasteiger partial charge in [-0.1, -0.05) is 31.4 Å². The van der Waals surface area contributed by atoms with Crippen molar-refractivity contribution in [3.8, 4) is 0 Å². The number of hydrogen-bond acceptors (Lipinski definition) is 5. The normalized spacial score (nSPS) is 16.5. The Hall–Kier alpha value is -2.77. The van der Waals surface area contributed by atoms with Gasteiger partial charge in [-0.2, -0.15) is 0 Å². The molecule has 1 aliphatic carbocycles. The Morgan fingerprint density at radius 2 is 1.88 bits per heavy atom. The number of nitrogens with zero attached hydrogens (tertiary/aromatic N) is 4. The fraction of sp³-hybridized carbons (Fsp3) is 0.438. The quantitative estimate of drug-likeness (QED) is 0.857. The summed E-state index contributed by atoms with van der Waals surface area (Å²) in [6.07, 6.45) is 5.94. The second-order valence-electron chi connectivity index (χ2n) is 6.03. The van der Waals surface area contributed by atoms with Crippen molar-refractivity contribution in [2.24, 2.45) is 0 Å². The molecule has 0 aliphatic heterocycles. The van der Waals surface area contributed by atoms with Crippen molar-refractivity contribution < 1.29 is 14.7 Å². The monoisotopic (exact) mass is 329 g/mol. The maximum Gasteiger partial charge on any atom is 0.335 e.